The third-order valence-corrected chi connectivity index (χ3v) is 9.54. The van der Waals surface area contributed by atoms with Gasteiger partial charge < -0.3 is 14.5 Å². The van der Waals surface area contributed by atoms with E-state index in [1.54, 1.807) is 0 Å². The average Bonchev–Trinajstić information content (AvgIpc) is 3.10. The van der Waals surface area contributed by atoms with Crippen molar-refractivity contribution in [1.82, 2.24) is 9.80 Å². The Morgan fingerprint density at radius 2 is 2.13 bits per heavy atom. The largest absolute Gasteiger partial charge is 0.370 e. The van der Waals surface area contributed by atoms with Gasteiger partial charge in [-0.25, -0.2) is 8.42 Å². The highest BCUT2D eigenvalue weighted by atomic mass is 32.2. The summed E-state index contributed by atoms with van der Waals surface area (Å²) in [5.74, 6) is 0.709. The van der Waals surface area contributed by atoms with Crippen LogP contribution in [-0.4, -0.2) is 75.0 Å². The predicted octanol–water partition coefficient (Wildman–Crippen LogP) is 2.85. The zero-order valence-electron chi connectivity index (χ0n) is 19.1. The molecule has 4 rings (SSSR count). The van der Waals surface area contributed by atoms with Gasteiger partial charge in [0, 0.05) is 67.0 Å². The topological polar surface area (TPSA) is 66.9 Å². The SMILES string of the molecule is CCc1cc2c(s1)CCO[C@@]21CCN(CC2CN(C(=O)CCCS(C)(=O)=O)C2)[C@@H](C)C1. The zero-order chi connectivity index (χ0) is 22.2. The van der Waals surface area contributed by atoms with E-state index in [2.05, 4.69) is 24.8 Å². The van der Waals surface area contributed by atoms with E-state index in [-0.39, 0.29) is 17.3 Å². The molecule has 1 spiro atoms. The zero-order valence-corrected chi connectivity index (χ0v) is 20.7. The van der Waals surface area contributed by atoms with Crippen molar-refractivity contribution in [3.05, 3.63) is 21.4 Å². The highest BCUT2D eigenvalue weighted by Crippen LogP contribution is 2.46. The average molecular weight is 469 g/mol. The van der Waals surface area contributed by atoms with Gasteiger partial charge in [0.05, 0.1) is 18.0 Å². The molecule has 0 aliphatic carbocycles. The highest BCUT2D eigenvalue weighted by Gasteiger charge is 2.45. The number of nitrogens with zero attached hydrogens (tertiary/aromatic N) is 2. The number of amides is 1. The molecule has 0 bridgehead atoms. The monoisotopic (exact) mass is 468 g/mol. The summed E-state index contributed by atoms with van der Waals surface area (Å²) in [6, 6.07) is 2.87. The van der Waals surface area contributed by atoms with E-state index in [1.165, 1.54) is 21.6 Å². The number of ether oxygens (including phenoxy) is 1. The lowest BCUT2D eigenvalue weighted by Gasteiger charge is -2.49. The molecule has 2 fully saturated rings. The van der Waals surface area contributed by atoms with E-state index in [0.29, 0.717) is 24.8 Å². The summed E-state index contributed by atoms with van der Waals surface area (Å²) in [4.78, 5) is 19.7. The Balaban J connectivity index is 1.26. The molecule has 2 saturated heterocycles. The summed E-state index contributed by atoms with van der Waals surface area (Å²) in [7, 11) is -2.99. The molecule has 0 aromatic carbocycles. The molecular weight excluding hydrogens is 432 g/mol. The molecule has 1 aromatic rings. The fraction of sp³-hybridized carbons (Fsp3) is 0.783. The van der Waals surface area contributed by atoms with Crippen LogP contribution in [0.1, 0.15) is 54.8 Å². The van der Waals surface area contributed by atoms with Crippen LogP contribution in [0.25, 0.3) is 0 Å². The maximum Gasteiger partial charge on any atom is 0.222 e. The molecular formula is C23H36N2O4S2. The Morgan fingerprint density at radius 3 is 2.81 bits per heavy atom. The second-order valence-corrected chi connectivity index (χ2v) is 13.2. The molecule has 0 N–H and O–H groups in total. The van der Waals surface area contributed by atoms with Crippen molar-refractivity contribution in [3.63, 3.8) is 0 Å². The van der Waals surface area contributed by atoms with Crippen molar-refractivity contribution in [2.45, 2.75) is 64.0 Å². The van der Waals surface area contributed by atoms with Crippen molar-refractivity contribution in [2.24, 2.45) is 5.92 Å². The van der Waals surface area contributed by atoms with Gasteiger partial charge in [-0.2, -0.15) is 0 Å². The van der Waals surface area contributed by atoms with Gasteiger partial charge in [0.2, 0.25) is 5.91 Å². The summed E-state index contributed by atoms with van der Waals surface area (Å²) in [6.07, 6.45) is 6.22. The lowest BCUT2D eigenvalue weighted by Crippen LogP contribution is -2.57. The van der Waals surface area contributed by atoms with Crippen LogP contribution in [-0.2, 0) is 37.8 Å². The first-order chi connectivity index (χ1) is 14.7. The number of rotatable bonds is 7. The van der Waals surface area contributed by atoms with Crippen molar-refractivity contribution in [2.75, 3.05) is 44.8 Å². The number of thiophene rings is 1. The maximum absolute atomic E-state index is 12.3. The molecule has 0 unspecified atom stereocenters. The van der Waals surface area contributed by atoms with Gasteiger partial charge >= 0.3 is 0 Å². The maximum atomic E-state index is 12.3. The highest BCUT2D eigenvalue weighted by molar-refractivity contribution is 7.90. The van der Waals surface area contributed by atoms with Crippen molar-refractivity contribution < 1.29 is 17.9 Å². The normalized spacial score (nSPS) is 27.3. The van der Waals surface area contributed by atoms with Crippen LogP contribution in [0.3, 0.4) is 0 Å². The number of piperidine rings is 1. The number of fused-ring (bicyclic) bond motifs is 2. The number of hydrogen-bond acceptors (Lipinski definition) is 6. The summed E-state index contributed by atoms with van der Waals surface area (Å²) < 4.78 is 28.9. The van der Waals surface area contributed by atoms with E-state index >= 15 is 0 Å². The third kappa shape index (κ3) is 5.18. The molecule has 6 nitrogen and oxygen atoms in total. The molecule has 174 valence electrons. The second kappa shape index (κ2) is 9.12. The molecule has 8 heteroatoms. The van der Waals surface area contributed by atoms with E-state index in [4.69, 9.17) is 4.74 Å². The number of aryl methyl sites for hydroxylation is 1. The minimum absolute atomic E-state index is 0.0940. The minimum atomic E-state index is -2.99. The van der Waals surface area contributed by atoms with Crippen LogP contribution in [0, 0.1) is 5.92 Å². The van der Waals surface area contributed by atoms with Gasteiger partial charge in [-0.05, 0) is 44.2 Å². The Labute approximate surface area is 190 Å². The Hall–Kier alpha value is -0.960. The van der Waals surface area contributed by atoms with Crippen LogP contribution in [0.5, 0.6) is 0 Å². The molecule has 4 heterocycles. The lowest BCUT2D eigenvalue weighted by atomic mass is 9.79. The Bertz CT molecular complexity index is 907. The van der Waals surface area contributed by atoms with Gasteiger partial charge in [0.25, 0.3) is 0 Å². The molecule has 0 saturated carbocycles. The van der Waals surface area contributed by atoms with Crippen molar-refractivity contribution >= 4 is 27.1 Å². The van der Waals surface area contributed by atoms with Crippen LogP contribution >= 0.6 is 11.3 Å². The number of likely N-dealkylation sites (tertiary alicyclic amines) is 2. The molecule has 1 aromatic heterocycles. The molecule has 0 radical (unpaired) electrons. The predicted molar refractivity (Wildman–Crippen MR) is 124 cm³/mol. The Morgan fingerprint density at radius 1 is 1.35 bits per heavy atom. The van der Waals surface area contributed by atoms with Crippen LogP contribution in [0.4, 0.5) is 0 Å². The number of carbonyl (C=O) groups excluding carboxylic acids is 1. The summed E-state index contributed by atoms with van der Waals surface area (Å²) in [6.45, 7) is 9.06. The molecule has 3 aliphatic heterocycles. The first-order valence-corrected chi connectivity index (χ1v) is 14.5. The molecule has 3 aliphatic rings. The van der Waals surface area contributed by atoms with Gasteiger partial charge in [-0.15, -0.1) is 11.3 Å². The summed E-state index contributed by atoms with van der Waals surface area (Å²) >= 11 is 1.97. The van der Waals surface area contributed by atoms with Gasteiger partial charge in [0.1, 0.15) is 9.84 Å². The first-order valence-electron chi connectivity index (χ1n) is 11.6. The lowest BCUT2D eigenvalue weighted by molar-refractivity contribution is -0.139. The Kier molecular flexibility index (Phi) is 6.83. The van der Waals surface area contributed by atoms with E-state index in [9.17, 15) is 13.2 Å². The van der Waals surface area contributed by atoms with Crippen molar-refractivity contribution in [1.29, 1.82) is 0 Å². The van der Waals surface area contributed by atoms with Crippen molar-refractivity contribution in [3.8, 4) is 0 Å². The standard InChI is InChI=1S/C23H36N2O4S2/c1-4-19-12-20-21(30-19)7-10-29-23(20)8-9-24(17(2)13-23)14-18-15-25(16-18)22(26)6-5-11-31(3,27)28/h12,17-18H,4-11,13-16H2,1-3H3/t17-,23+/m0/s1. The first kappa shape index (κ1) is 23.2. The molecule has 31 heavy (non-hydrogen) atoms. The van der Waals surface area contributed by atoms with E-state index in [0.717, 1.165) is 58.5 Å². The van der Waals surface area contributed by atoms with Crippen LogP contribution in [0.15, 0.2) is 6.07 Å². The molecule has 1 amide bonds. The smallest absolute Gasteiger partial charge is 0.222 e. The number of carbonyl (C=O) groups is 1. The second-order valence-electron chi connectivity index (χ2n) is 9.69. The quantitative estimate of drug-likeness (QED) is 0.616. The fourth-order valence-electron chi connectivity index (χ4n) is 5.41. The summed E-state index contributed by atoms with van der Waals surface area (Å²) in [5, 5.41) is 0. The summed E-state index contributed by atoms with van der Waals surface area (Å²) in [5.41, 5.74) is 1.36. The van der Waals surface area contributed by atoms with Gasteiger partial charge in [-0.1, -0.05) is 6.92 Å². The fourth-order valence-corrected chi connectivity index (χ4v) is 7.26. The minimum Gasteiger partial charge on any atom is -0.370 e. The van der Waals surface area contributed by atoms with Gasteiger partial charge in [-0.3, -0.25) is 4.79 Å². The van der Waals surface area contributed by atoms with E-state index in [1.807, 2.05) is 16.2 Å². The molecule has 2 atom stereocenters. The van der Waals surface area contributed by atoms with Gasteiger partial charge in [0.15, 0.2) is 0 Å². The van der Waals surface area contributed by atoms with Crippen LogP contribution in [0.2, 0.25) is 0 Å². The number of sulfone groups is 1. The van der Waals surface area contributed by atoms with E-state index < -0.39 is 9.84 Å². The van der Waals surface area contributed by atoms with Crippen LogP contribution < -0.4 is 0 Å². The third-order valence-electron chi connectivity index (χ3n) is 7.17. The number of hydrogen-bond donors (Lipinski definition) is 0.